The number of halogens is 2. The van der Waals surface area contributed by atoms with Gasteiger partial charge in [-0.05, 0) is 44.6 Å². The molecule has 29 heavy (non-hydrogen) atoms. The van der Waals surface area contributed by atoms with Gasteiger partial charge in [0.2, 0.25) is 0 Å². The maximum Gasteiger partial charge on any atom is 0.191 e. The fraction of sp³-hybridized carbons (Fsp3) is 0.667. The minimum Gasteiger partial charge on any atom is -0.355 e. The topological polar surface area (TPSA) is 46.1 Å². The zero-order chi connectivity index (χ0) is 19.9. The van der Waals surface area contributed by atoms with Gasteiger partial charge in [-0.2, -0.15) is 0 Å². The third-order valence-electron chi connectivity index (χ3n) is 5.96. The predicted octanol–water partition coefficient (Wildman–Crippen LogP) is 2.33. The van der Waals surface area contributed by atoms with E-state index < -0.39 is 0 Å². The van der Waals surface area contributed by atoms with Crippen LogP contribution in [0.1, 0.15) is 18.4 Å². The number of rotatable bonds is 5. The number of piperidine rings is 1. The van der Waals surface area contributed by atoms with Gasteiger partial charge in [0.15, 0.2) is 5.96 Å². The maximum absolute atomic E-state index is 5.98. The van der Waals surface area contributed by atoms with Crippen molar-refractivity contribution in [3.63, 3.8) is 0 Å². The highest BCUT2D eigenvalue weighted by Gasteiger charge is 2.23. The van der Waals surface area contributed by atoms with Gasteiger partial charge in [0, 0.05) is 70.0 Å². The fourth-order valence-electron chi connectivity index (χ4n) is 4.01. The Morgan fingerprint density at radius 3 is 2.45 bits per heavy atom. The highest BCUT2D eigenvalue weighted by molar-refractivity contribution is 14.0. The molecule has 1 atom stereocenters. The minimum atomic E-state index is 0. The van der Waals surface area contributed by atoms with Gasteiger partial charge in [0.1, 0.15) is 0 Å². The first-order chi connectivity index (χ1) is 13.5. The summed E-state index contributed by atoms with van der Waals surface area (Å²) in [6.07, 6.45) is 2.28. The van der Waals surface area contributed by atoms with Crippen LogP contribution < -0.4 is 10.6 Å². The van der Waals surface area contributed by atoms with Crippen molar-refractivity contribution in [1.82, 2.24) is 25.3 Å². The predicted molar refractivity (Wildman–Crippen MR) is 134 cm³/mol. The van der Waals surface area contributed by atoms with E-state index in [1.54, 1.807) is 0 Å². The molecule has 6 nitrogen and oxygen atoms in total. The molecule has 2 fully saturated rings. The first kappa shape index (κ1) is 24.7. The van der Waals surface area contributed by atoms with E-state index in [1.807, 2.05) is 19.2 Å². The Hall–Kier alpha value is -0.610. The maximum atomic E-state index is 5.98. The lowest BCUT2D eigenvalue weighted by molar-refractivity contribution is 0.116. The normalized spacial score (nSPS) is 22.9. The Bertz CT molecular complexity index is 633. The summed E-state index contributed by atoms with van der Waals surface area (Å²) in [6, 6.07) is 9.21. The molecule has 2 aliphatic heterocycles. The fourth-order valence-corrected chi connectivity index (χ4v) is 4.13. The van der Waals surface area contributed by atoms with Crippen LogP contribution >= 0.6 is 35.6 Å². The average Bonchev–Trinajstić information content (AvgIpc) is 2.70. The molecule has 0 spiro atoms. The largest absolute Gasteiger partial charge is 0.355 e. The van der Waals surface area contributed by atoms with Crippen LogP contribution in [0.25, 0.3) is 0 Å². The van der Waals surface area contributed by atoms with E-state index in [2.05, 4.69) is 56.6 Å². The SMILES string of the molecule is CN=C(NCC1CN(C)CCN1C)NC1CCN(Cc2ccc(Cl)cc2)CC1.I. The quantitative estimate of drug-likeness (QED) is 0.345. The van der Waals surface area contributed by atoms with Crippen molar-refractivity contribution in [1.29, 1.82) is 0 Å². The number of benzene rings is 1. The summed E-state index contributed by atoms with van der Waals surface area (Å²) in [7, 11) is 6.28. The third kappa shape index (κ3) is 7.86. The summed E-state index contributed by atoms with van der Waals surface area (Å²) >= 11 is 5.98. The summed E-state index contributed by atoms with van der Waals surface area (Å²) in [5, 5.41) is 7.97. The molecule has 2 heterocycles. The lowest BCUT2D eigenvalue weighted by Gasteiger charge is -2.38. The molecular weight excluding hydrogens is 499 g/mol. The molecule has 8 heteroatoms. The Labute approximate surface area is 198 Å². The van der Waals surface area contributed by atoms with Crippen molar-refractivity contribution in [2.24, 2.45) is 4.99 Å². The number of hydrogen-bond acceptors (Lipinski definition) is 4. The van der Waals surface area contributed by atoms with Gasteiger partial charge in [-0.25, -0.2) is 0 Å². The van der Waals surface area contributed by atoms with Crippen molar-refractivity contribution < 1.29 is 0 Å². The molecule has 3 rings (SSSR count). The van der Waals surface area contributed by atoms with E-state index >= 15 is 0 Å². The Morgan fingerprint density at radius 1 is 1.10 bits per heavy atom. The number of nitrogens with one attached hydrogen (secondary N) is 2. The van der Waals surface area contributed by atoms with Crippen LogP contribution in [-0.4, -0.2) is 93.2 Å². The Balaban J connectivity index is 0.00000300. The number of nitrogens with zero attached hydrogens (tertiary/aromatic N) is 4. The molecular formula is C21H36ClIN6. The summed E-state index contributed by atoms with van der Waals surface area (Å²) in [4.78, 5) is 11.8. The lowest BCUT2D eigenvalue weighted by Crippen LogP contribution is -2.56. The molecule has 0 aromatic heterocycles. The summed E-state index contributed by atoms with van der Waals surface area (Å²) in [5.41, 5.74) is 1.33. The summed E-state index contributed by atoms with van der Waals surface area (Å²) < 4.78 is 0. The number of guanidine groups is 1. The molecule has 0 amide bonds. The highest BCUT2D eigenvalue weighted by Crippen LogP contribution is 2.16. The van der Waals surface area contributed by atoms with E-state index in [-0.39, 0.29) is 24.0 Å². The standard InChI is InChI=1S/C21H35ClN6.HI/c1-23-21(24-14-20-16-26(2)12-13-27(20)3)25-19-8-10-28(11-9-19)15-17-4-6-18(22)7-5-17;/h4-7,19-20H,8-16H2,1-3H3,(H2,23,24,25);1H. The van der Waals surface area contributed by atoms with Gasteiger partial charge < -0.3 is 15.5 Å². The van der Waals surface area contributed by atoms with Crippen molar-refractivity contribution in [3.8, 4) is 0 Å². The van der Waals surface area contributed by atoms with Crippen LogP contribution in [-0.2, 0) is 6.54 Å². The summed E-state index contributed by atoms with van der Waals surface area (Å²) in [5.74, 6) is 0.928. The molecule has 0 saturated carbocycles. The van der Waals surface area contributed by atoms with E-state index in [1.165, 1.54) is 5.56 Å². The first-order valence-electron chi connectivity index (χ1n) is 10.4. The van der Waals surface area contributed by atoms with Crippen molar-refractivity contribution in [2.75, 3.05) is 60.4 Å². The number of aliphatic imine (C=N–C) groups is 1. The van der Waals surface area contributed by atoms with Crippen LogP contribution in [0.5, 0.6) is 0 Å². The highest BCUT2D eigenvalue weighted by atomic mass is 127. The van der Waals surface area contributed by atoms with Gasteiger partial charge in [-0.15, -0.1) is 24.0 Å². The second kappa shape index (κ2) is 12.3. The minimum absolute atomic E-state index is 0. The van der Waals surface area contributed by atoms with E-state index in [0.29, 0.717) is 12.1 Å². The lowest BCUT2D eigenvalue weighted by atomic mass is 10.0. The van der Waals surface area contributed by atoms with E-state index in [9.17, 15) is 0 Å². The molecule has 2 saturated heterocycles. The molecule has 164 valence electrons. The van der Waals surface area contributed by atoms with Crippen molar-refractivity contribution in [2.45, 2.75) is 31.5 Å². The second-order valence-electron chi connectivity index (χ2n) is 8.17. The molecule has 1 aromatic rings. The van der Waals surface area contributed by atoms with Crippen LogP contribution in [0.4, 0.5) is 0 Å². The van der Waals surface area contributed by atoms with Crippen LogP contribution in [0, 0.1) is 0 Å². The molecule has 0 radical (unpaired) electrons. The molecule has 0 aliphatic carbocycles. The first-order valence-corrected chi connectivity index (χ1v) is 10.7. The van der Waals surface area contributed by atoms with Crippen LogP contribution in [0.3, 0.4) is 0 Å². The Morgan fingerprint density at radius 2 is 1.79 bits per heavy atom. The zero-order valence-electron chi connectivity index (χ0n) is 17.9. The van der Waals surface area contributed by atoms with E-state index in [4.69, 9.17) is 11.6 Å². The molecule has 1 aromatic carbocycles. The third-order valence-corrected chi connectivity index (χ3v) is 6.21. The average molecular weight is 535 g/mol. The molecule has 0 bridgehead atoms. The van der Waals surface area contributed by atoms with E-state index in [0.717, 1.165) is 69.6 Å². The van der Waals surface area contributed by atoms with Gasteiger partial charge >= 0.3 is 0 Å². The monoisotopic (exact) mass is 534 g/mol. The molecule has 2 aliphatic rings. The van der Waals surface area contributed by atoms with Gasteiger partial charge in [-0.3, -0.25) is 14.8 Å². The second-order valence-corrected chi connectivity index (χ2v) is 8.61. The smallest absolute Gasteiger partial charge is 0.191 e. The van der Waals surface area contributed by atoms with Crippen molar-refractivity contribution in [3.05, 3.63) is 34.9 Å². The van der Waals surface area contributed by atoms with Crippen molar-refractivity contribution >= 4 is 41.5 Å². The number of piperazine rings is 1. The number of likely N-dealkylation sites (N-methyl/N-ethyl adjacent to an activating group) is 2. The number of hydrogen-bond donors (Lipinski definition) is 2. The molecule has 2 N–H and O–H groups in total. The van der Waals surface area contributed by atoms with Gasteiger partial charge in [0.25, 0.3) is 0 Å². The van der Waals surface area contributed by atoms with Gasteiger partial charge in [-0.1, -0.05) is 23.7 Å². The number of likely N-dealkylation sites (tertiary alicyclic amines) is 1. The van der Waals surface area contributed by atoms with Gasteiger partial charge in [0.05, 0.1) is 0 Å². The van der Waals surface area contributed by atoms with Crippen LogP contribution in [0.15, 0.2) is 29.3 Å². The zero-order valence-corrected chi connectivity index (χ0v) is 21.0. The summed E-state index contributed by atoms with van der Waals surface area (Å²) in [6.45, 7) is 7.51. The molecule has 1 unspecified atom stereocenters. The van der Waals surface area contributed by atoms with Crippen LogP contribution in [0.2, 0.25) is 5.02 Å². The Kier molecular flexibility index (Phi) is 10.5.